The zero-order valence-electron chi connectivity index (χ0n) is 22.6. The highest BCUT2D eigenvalue weighted by Gasteiger charge is 2.13. The lowest BCUT2D eigenvalue weighted by atomic mass is 10.1. The van der Waals surface area contributed by atoms with Crippen molar-refractivity contribution in [1.29, 1.82) is 0 Å². The third kappa shape index (κ3) is 6.55. The summed E-state index contributed by atoms with van der Waals surface area (Å²) in [5.41, 5.74) is 6.14. The molecule has 0 aliphatic heterocycles. The van der Waals surface area contributed by atoms with Crippen LogP contribution in [0.2, 0.25) is 0 Å². The third-order valence-corrected chi connectivity index (χ3v) is 7.28. The highest BCUT2D eigenvalue weighted by Crippen LogP contribution is 2.32. The van der Waals surface area contributed by atoms with Gasteiger partial charge in [-0.25, -0.2) is 9.97 Å². The van der Waals surface area contributed by atoms with Crippen molar-refractivity contribution >= 4 is 34.0 Å². The molecule has 7 heteroatoms. The molecule has 2 unspecified atom stereocenters. The fourth-order valence-electron chi connectivity index (χ4n) is 4.19. The Bertz CT molecular complexity index is 1350. The molecular weight excluding hydrogens is 476 g/mol. The number of aliphatic imine (C=N–C) groups is 2. The van der Waals surface area contributed by atoms with Crippen molar-refractivity contribution in [2.24, 2.45) is 9.98 Å². The van der Waals surface area contributed by atoms with Gasteiger partial charge in [-0.05, 0) is 63.6 Å². The van der Waals surface area contributed by atoms with E-state index in [0.29, 0.717) is 0 Å². The molecule has 0 N–H and O–H groups in total. The smallest absolute Gasteiger partial charge is 0.160 e. The Morgan fingerprint density at radius 1 is 0.730 bits per heavy atom. The summed E-state index contributed by atoms with van der Waals surface area (Å²) in [5.74, 6) is 0.728. The normalized spacial score (nSPS) is 13.9. The molecule has 0 saturated carbocycles. The summed E-state index contributed by atoms with van der Waals surface area (Å²) in [6.45, 7) is 4.30. The fourth-order valence-corrected chi connectivity index (χ4v) is 5.03. The molecular formula is C30H36N6S. The van der Waals surface area contributed by atoms with Crippen molar-refractivity contribution < 1.29 is 0 Å². The van der Waals surface area contributed by atoms with Gasteiger partial charge in [-0.2, -0.15) is 0 Å². The van der Waals surface area contributed by atoms with Crippen LogP contribution in [0.5, 0.6) is 0 Å². The van der Waals surface area contributed by atoms with Crippen LogP contribution in [0.15, 0.2) is 70.0 Å². The molecule has 2 aromatic carbocycles. The Labute approximate surface area is 224 Å². The van der Waals surface area contributed by atoms with E-state index < -0.39 is 0 Å². The first-order chi connectivity index (χ1) is 17.9. The van der Waals surface area contributed by atoms with Crippen molar-refractivity contribution in [1.82, 2.24) is 19.8 Å². The summed E-state index contributed by atoms with van der Waals surface area (Å²) in [6, 6.07) is 18.8. The predicted molar refractivity (Wildman–Crippen MR) is 159 cm³/mol. The van der Waals surface area contributed by atoms with Crippen LogP contribution in [0.25, 0.3) is 32.9 Å². The van der Waals surface area contributed by atoms with Gasteiger partial charge in [0.25, 0.3) is 0 Å². The van der Waals surface area contributed by atoms with Gasteiger partial charge < -0.3 is 0 Å². The van der Waals surface area contributed by atoms with Gasteiger partial charge in [-0.1, -0.05) is 62.4 Å². The van der Waals surface area contributed by atoms with Gasteiger partial charge in [0.15, 0.2) is 5.82 Å². The summed E-state index contributed by atoms with van der Waals surface area (Å²) in [4.78, 5) is 23.6. The fraction of sp³-hybridized carbons (Fsp3) is 0.333. The first kappa shape index (κ1) is 26.8. The molecule has 2 aromatic heterocycles. The minimum atomic E-state index is 0.185. The van der Waals surface area contributed by atoms with Crippen molar-refractivity contribution in [3.05, 3.63) is 71.1 Å². The summed E-state index contributed by atoms with van der Waals surface area (Å²) < 4.78 is 1.10. The van der Waals surface area contributed by atoms with E-state index in [-0.39, 0.29) is 12.3 Å². The van der Waals surface area contributed by atoms with Crippen molar-refractivity contribution in [3.63, 3.8) is 0 Å². The molecule has 192 valence electrons. The van der Waals surface area contributed by atoms with E-state index in [2.05, 4.69) is 112 Å². The second-order valence-electron chi connectivity index (χ2n) is 9.54. The quantitative estimate of drug-likeness (QED) is 0.229. The van der Waals surface area contributed by atoms with E-state index in [4.69, 9.17) is 20.0 Å². The summed E-state index contributed by atoms with van der Waals surface area (Å²) in [6.07, 6.45) is 6.22. The maximum atomic E-state index is 5.01. The third-order valence-electron chi connectivity index (χ3n) is 6.37. The maximum Gasteiger partial charge on any atom is 0.160 e. The molecule has 4 rings (SSSR count). The number of hydrogen-bond acceptors (Lipinski definition) is 7. The highest BCUT2D eigenvalue weighted by atomic mass is 32.1. The number of rotatable bonds is 10. The van der Waals surface area contributed by atoms with Gasteiger partial charge in [0.05, 0.1) is 15.9 Å². The molecule has 2 heterocycles. The molecule has 0 amide bonds. The number of thiophene rings is 1. The summed E-state index contributed by atoms with van der Waals surface area (Å²) in [5, 5.41) is 2.08. The Hall–Kier alpha value is -3.26. The van der Waals surface area contributed by atoms with E-state index >= 15 is 0 Å². The second-order valence-corrected chi connectivity index (χ2v) is 10.5. The van der Waals surface area contributed by atoms with Crippen LogP contribution in [0.1, 0.15) is 37.8 Å². The molecule has 2 atom stereocenters. The molecule has 37 heavy (non-hydrogen) atoms. The molecule has 0 saturated heterocycles. The Morgan fingerprint density at radius 3 is 1.73 bits per heavy atom. The topological polar surface area (TPSA) is 57.0 Å². The molecule has 6 nitrogen and oxygen atoms in total. The van der Waals surface area contributed by atoms with Crippen LogP contribution in [0, 0.1) is 0 Å². The number of fused-ring (bicyclic) bond motifs is 1. The van der Waals surface area contributed by atoms with Gasteiger partial charge in [0.2, 0.25) is 0 Å². The summed E-state index contributed by atoms with van der Waals surface area (Å²) in [7, 11) is 8.22. The van der Waals surface area contributed by atoms with Crippen molar-refractivity contribution in [2.45, 2.75) is 39.0 Å². The minimum absolute atomic E-state index is 0.185. The molecule has 4 aromatic rings. The van der Waals surface area contributed by atoms with Gasteiger partial charge in [-0.15, -0.1) is 11.3 Å². The number of benzene rings is 2. The lowest BCUT2D eigenvalue weighted by Crippen LogP contribution is -2.25. The largest absolute Gasteiger partial charge is 0.288 e. The van der Waals surface area contributed by atoms with E-state index in [1.807, 2.05) is 12.4 Å². The molecule has 0 bridgehead atoms. The van der Waals surface area contributed by atoms with Crippen molar-refractivity contribution in [3.8, 4) is 22.6 Å². The molecule has 0 aliphatic rings. The van der Waals surface area contributed by atoms with E-state index in [1.165, 1.54) is 0 Å². The zero-order chi connectivity index (χ0) is 26.4. The van der Waals surface area contributed by atoms with Crippen LogP contribution in [-0.2, 0) is 0 Å². The highest BCUT2D eigenvalue weighted by molar-refractivity contribution is 7.17. The predicted octanol–water partition coefficient (Wildman–Crippen LogP) is 6.46. The second kappa shape index (κ2) is 12.3. The van der Waals surface area contributed by atoms with E-state index in [0.717, 1.165) is 56.8 Å². The van der Waals surface area contributed by atoms with Gasteiger partial charge in [0, 0.05) is 23.6 Å². The monoisotopic (exact) mass is 512 g/mol. The van der Waals surface area contributed by atoms with E-state index in [1.54, 1.807) is 11.3 Å². The first-order valence-electron chi connectivity index (χ1n) is 12.7. The lowest BCUT2D eigenvalue weighted by molar-refractivity contribution is 0.296. The van der Waals surface area contributed by atoms with Gasteiger partial charge in [-0.3, -0.25) is 19.8 Å². The molecule has 0 fully saturated rings. The average Bonchev–Trinajstić information content (AvgIpc) is 3.38. The number of aromatic nitrogens is 2. The standard InChI is InChI=1S/C30H36N6S/c1-7-26(35(3)4)31-19-21-9-13-23(14-10-21)28-29-25(17-18-37-29)33-30(34-28)24-15-11-22(12-16-24)20-32-27(8-2)36(5)6/h9-20,26-27H,7-8H2,1-6H3/b31-19+,32-20+. The Kier molecular flexibility index (Phi) is 8.92. The SMILES string of the molecule is CCC(/N=C/c1ccc(-c2nc(-c3ccc(/C=N/C(CC)N(C)C)cc3)c3sccc3n2)cc1)N(C)C. The van der Waals surface area contributed by atoms with Crippen LogP contribution in [-0.4, -0.2) is 72.7 Å². The first-order valence-corrected chi connectivity index (χ1v) is 13.6. The molecule has 0 radical (unpaired) electrons. The molecule has 0 spiro atoms. The molecule has 0 aliphatic carbocycles. The van der Waals surface area contributed by atoms with Gasteiger partial charge in [0.1, 0.15) is 12.3 Å². The Morgan fingerprint density at radius 2 is 1.24 bits per heavy atom. The van der Waals surface area contributed by atoms with Crippen LogP contribution in [0.3, 0.4) is 0 Å². The van der Waals surface area contributed by atoms with E-state index in [9.17, 15) is 0 Å². The van der Waals surface area contributed by atoms with Gasteiger partial charge >= 0.3 is 0 Å². The van der Waals surface area contributed by atoms with Crippen molar-refractivity contribution in [2.75, 3.05) is 28.2 Å². The van der Waals surface area contributed by atoms with Crippen LogP contribution in [0.4, 0.5) is 0 Å². The lowest BCUT2D eigenvalue weighted by Gasteiger charge is -2.17. The minimum Gasteiger partial charge on any atom is -0.288 e. The summed E-state index contributed by atoms with van der Waals surface area (Å²) >= 11 is 1.68. The average molecular weight is 513 g/mol. The maximum absolute atomic E-state index is 5.01. The Balaban J connectivity index is 1.61. The number of nitrogens with zero attached hydrogens (tertiary/aromatic N) is 6. The van der Waals surface area contributed by atoms with Crippen LogP contribution >= 0.6 is 11.3 Å². The van der Waals surface area contributed by atoms with Crippen LogP contribution < -0.4 is 0 Å². The number of hydrogen-bond donors (Lipinski definition) is 0. The zero-order valence-corrected chi connectivity index (χ0v) is 23.4.